The zero-order valence-corrected chi connectivity index (χ0v) is 6.66. The van der Waals surface area contributed by atoms with Crippen molar-refractivity contribution in [3.8, 4) is 0 Å². The van der Waals surface area contributed by atoms with E-state index >= 15 is 0 Å². The van der Waals surface area contributed by atoms with E-state index in [4.69, 9.17) is 23.2 Å². The number of carbonyl (C=O) groups is 1. The molecule has 0 aromatic carbocycles. The predicted octanol–water partition coefficient (Wildman–Crippen LogP) is 2.06. The van der Waals surface area contributed by atoms with Crippen molar-refractivity contribution in [1.29, 1.82) is 0 Å². The smallest absolute Gasteiger partial charge is 0.123 e. The van der Waals surface area contributed by atoms with E-state index in [1.807, 2.05) is 0 Å². The average Bonchev–Trinajstić information content (AvgIpc) is 1.88. The van der Waals surface area contributed by atoms with Crippen LogP contribution in [0.1, 0.15) is 12.8 Å². The number of halogens is 2. The largest absolute Gasteiger partial charge is 0.303 e. The highest BCUT2D eigenvalue weighted by molar-refractivity contribution is 6.18. The Labute approximate surface area is 65.3 Å². The molecule has 1 nitrogen and oxygen atoms in total. The van der Waals surface area contributed by atoms with Gasteiger partial charge in [0.15, 0.2) is 0 Å². The molecule has 9 heavy (non-hydrogen) atoms. The highest BCUT2D eigenvalue weighted by Crippen LogP contribution is 2.06. The van der Waals surface area contributed by atoms with Crippen molar-refractivity contribution in [3.63, 3.8) is 0 Å². The third-order valence-electron chi connectivity index (χ3n) is 1.15. The number of alkyl halides is 2. The number of aldehydes is 1. The molecule has 0 aromatic rings. The van der Waals surface area contributed by atoms with Crippen LogP contribution in [0.5, 0.6) is 0 Å². The summed E-state index contributed by atoms with van der Waals surface area (Å²) in [5.74, 6) is 1.15. The van der Waals surface area contributed by atoms with Gasteiger partial charge in [-0.15, -0.1) is 23.2 Å². The Morgan fingerprint density at radius 2 is 1.67 bits per heavy atom. The van der Waals surface area contributed by atoms with Crippen molar-refractivity contribution in [2.75, 3.05) is 11.8 Å². The minimum atomic E-state index is 0.0694. The van der Waals surface area contributed by atoms with Gasteiger partial charge in [-0.25, -0.2) is 0 Å². The van der Waals surface area contributed by atoms with Crippen LogP contribution in [-0.2, 0) is 4.79 Å². The molecule has 0 saturated carbocycles. The summed E-state index contributed by atoms with van der Waals surface area (Å²) in [4.78, 5) is 10.2. The van der Waals surface area contributed by atoms with Gasteiger partial charge in [-0.1, -0.05) is 0 Å². The first kappa shape index (κ1) is 9.25. The van der Waals surface area contributed by atoms with Gasteiger partial charge in [-0.3, -0.25) is 0 Å². The Morgan fingerprint density at radius 1 is 1.22 bits per heavy atom. The van der Waals surface area contributed by atoms with Gasteiger partial charge >= 0.3 is 0 Å². The monoisotopic (exact) mass is 168 g/mol. The summed E-state index contributed by atoms with van der Waals surface area (Å²) >= 11 is 10.8. The molecule has 0 bridgehead atoms. The number of hydrogen-bond donors (Lipinski definition) is 0. The second-order valence-corrected chi connectivity index (χ2v) is 2.61. The van der Waals surface area contributed by atoms with Crippen LogP contribution >= 0.6 is 23.2 Å². The summed E-state index contributed by atoms with van der Waals surface area (Å²) < 4.78 is 0. The maximum absolute atomic E-state index is 10.2. The van der Waals surface area contributed by atoms with Crippen molar-refractivity contribution in [2.24, 2.45) is 5.92 Å². The molecule has 54 valence electrons. The number of hydrogen-bond acceptors (Lipinski definition) is 1. The lowest BCUT2D eigenvalue weighted by molar-refractivity contribution is -0.111. The SMILES string of the molecule is O=CC(CCCl)CCCl. The molecule has 3 heteroatoms. The maximum Gasteiger partial charge on any atom is 0.123 e. The zero-order chi connectivity index (χ0) is 7.11. The van der Waals surface area contributed by atoms with E-state index in [1.165, 1.54) is 0 Å². The number of carbonyl (C=O) groups excluding carboxylic acids is 1. The van der Waals surface area contributed by atoms with Crippen molar-refractivity contribution < 1.29 is 4.79 Å². The number of rotatable bonds is 5. The molecule has 0 spiro atoms. The second kappa shape index (κ2) is 6.37. The van der Waals surface area contributed by atoms with Crippen LogP contribution in [0.3, 0.4) is 0 Å². The molecule has 0 radical (unpaired) electrons. The van der Waals surface area contributed by atoms with E-state index in [0.717, 1.165) is 19.1 Å². The van der Waals surface area contributed by atoms with Gasteiger partial charge in [-0.05, 0) is 12.8 Å². The Morgan fingerprint density at radius 3 is 1.89 bits per heavy atom. The highest BCUT2D eigenvalue weighted by atomic mass is 35.5. The van der Waals surface area contributed by atoms with Crippen LogP contribution in [0.15, 0.2) is 0 Å². The summed E-state index contributed by atoms with van der Waals surface area (Å²) in [7, 11) is 0. The van der Waals surface area contributed by atoms with Crippen molar-refractivity contribution in [1.82, 2.24) is 0 Å². The molecule has 0 rings (SSSR count). The van der Waals surface area contributed by atoms with Crippen molar-refractivity contribution in [2.45, 2.75) is 12.8 Å². The third-order valence-corrected chi connectivity index (χ3v) is 1.59. The summed E-state index contributed by atoms with van der Waals surface area (Å²) in [5, 5.41) is 0. The van der Waals surface area contributed by atoms with E-state index < -0.39 is 0 Å². The summed E-state index contributed by atoms with van der Waals surface area (Å²) in [5.41, 5.74) is 0. The normalized spacial score (nSPS) is 10.1. The quantitative estimate of drug-likeness (QED) is 0.454. The third kappa shape index (κ3) is 4.73. The van der Waals surface area contributed by atoms with Crippen molar-refractivity contribution in [3.05, 3.63) is 0 Å². The first-order valence-electron chi connectivity index (χ1n) is 2.92. The van der Waals surface area contributed by atoms with Gasteiger partial charge in [0.1, 0.15) is 6.29 Å². The van der Waals surface area contributed by atoms with Gasteiger partial charge in [0.05, 0.1) is 0 Å². The van der Waals surface area contributed by atoms with Gasteiger partial charge in [0.25, 0.3) is 0 Å². The summed E-state index contributed by atoms with van der Waals surface area (Å²) in [6, 6.07) is 0. The Hall–Kier alpha value is 0.250. The fraction of sp³-hybridized carbons (Fsp3) is 0.833. The molecule has 0 unspecified atom stereocenters. The molecule has 0 fully saturated rings. The lowest BCUT2D eigenvalue weighted by Crippen LogP contribution is -2.02. The lowest BCUT2D eigenvalue weighted by Gasteiger charge is -2.02. The van der Waals surface area contributed by atoms with Gasteiger partial charge in [-0.2, -0.15) is 0 Å². The minimum absolute atomic E-state index is 0.0694. The first-order chi connectivity index (χ1) is 4.35. The molecule has 0 atom stereocenters. The zero-order valence-electron chi connectivity index (χ0n) is 5.15. The summed E-state index contributed by atoms with van der Waals surface area (Å²) in [6.45, 7) is 0. The van der Waals surface area contributed by atoms with Crippen LogP contribution in [-0.4, -0.2) is 18.0 Å². The lowest BCUT2D eigenvalue weighted by atomic mass is 10.1. The molecule has 0 aromatic heterocycles. The van der Waals surface area contributed by atoms with E-state index in [-0.39, 0.29) is 5.92 Å². The second-order valence-electron chi connectivity index (χ2n) is 1.85. The molecule has 0 aliphatic carbocycles. The molecular weight excluding hydrogens is 159 g/mol. The molecule has 0 aliphatic rings. The standard InChI is InChI=1S/C6H10Cl2O/c7-3-1-6(5-9)2-4-8/h5-6H,1-4H2. The topological polar surface area (TPSA) is 17.1 Å². The minimum Gasteiger partial charge on any atom is -0.303 e. The Bertz CT molecular complexity index is 69.5. The maximum atomic E-state index is 10.2. The van der Waals surface area contributed by atoms with Crippen LogP contribution in [0, 0.1) is 5.92 Å². The molecule has 0 aliphatic heterocycles. The molecule has 0 saturated heterocycles. The van der Waals surface area contributed by atoms with Crippen LogP contribution in [0.4, 0.5) is 0 Å². The molecular formula is C6H10Cl2O. The molecule has 0 amide bonds. The van der Waals surface area contributed by atoms with E-state index in [2.05, 4.69) is 0 Å². The predicted molar refractivity (Wildman–Crippen MR) is 40.2 cm³/mol. The fourth-order valence-corrected chi connectivity index (χ4v) is 1.12. The first-order valence-corrected chi connectivity index (χ1v) is 3.99. The highest BCUT2D eigenvalue weighted by Gasteiger charge is 2.03. The molecule has 0 heterocycles. The van der Waals surface area contributed by atoms with E-state index in [0.29, 0.717) is 11.8 Å². The van der Waals surface area contributed by atoms with Gasteiger partial charge in [0.2, 0.25) is 0 Å². The summed E-state index contributed by atoms with van der Waals surface area (Å²) in [6.07, 6.45) is 2.42. The van der Waals surface area contributed by atoms with Crippen molar-refractivity contribution >= 4 is 29.5 Å². The average molecular weight is 169 g/mol. The van der Waals surface area contributed by atoms with Gasteiger partial charge < -0.3 is 4.79 Å². The van der Waals surface area contributed by atoms with E-state index in [9.17, 15) is 4.79 Å². The Kier molecular flexibility index (Phi) is 6.55. The van der Waals surface area contributed by atoms with Crippen LogP contribution in [0.25, 0.3) is 0 Å². The molecule has 0 N–H and O–H groups in total. The Balaban J connectivity index is 3.29. The fourth-order valence-electron chi connectivity index (χ4n) is 0.561. The van der Waals surface area contributed by atoms with Crippen LogP contribution in [0.2, 0.25) is 0 Å². The van der Waals surface area contributed by atoms with E-state index in [1.54, 1.807) is 0 Å². The van der Waals surface area contributed by atoms with Gasteiger partial charge in [0, 0.05) is 17.7 Å². The van der Waals surface area contributed by atoms with Crippen LogP contribution < -0.4 is 0 Å².